The highest BCUT2D eigenvalue weighted by atomic mass is 35.5. The molecule has 1 unspecified atom stereocenters. The van der Waals surface area contributed by atoms with Crippen molar-refractivity contribution in [3.05, 3.63) is 100 Å². The first-order chi connectivity index (χ1) is 15.2. The molecule has 31 heavy (non-hydrogen) atoms. The maximum absolute atomic E-state index is 13.4. The van der Waals surface area contributed by atoms with E-state index in [2.05, 4.69) is 15.2 Å². The van der Waals surface area contributed by atoms with E-state index in [0.29, 0.717) is 17.3 Å². The quantitative estimate of drug-likeness (QED) is 0.490. The van der Waals surface area contributed by atoms with E-state index in [1.54, 1.807) is 19.5 Å². The molecule has 2 aromatic heterocycles. The lowest BCUT2D eigenvalue weighted by Gasteiger charge is -2.27. The Hall–Kier alpha value is -3.64. The second-order valence-electron chi connectivity index (χ2n) is 7.31. The number of fused-ring (bicyclic) bond motifs is 1. The summed E-state index contributed by atoms with van der Waals surface area (Å²) in [6.45, 7) is 0.410. The Bertz CT molecular complexity index is 1240. The van der Waals surface area contributed by atoms with E-state index in [1.165, 1.54) is 0 Å². The molecule has 1 aliphatic rings. The Kier molecular flexibility index (Phi) is 4.92. The molecule has 1 aliphatic heterocycles. The molecule has 0 spiro atoms. The number of pyridine rings is 1. The van der Waals surface area contributed by atoms with Crippen LogP contribution in [0.3, 0.4) is 0 Å². The van der Waals surface area contributed by atoms with Gasteiger partial charge in [0.15, 0.2) is 0 Å². The van der Waals surface area contributed by atoms with Crippen molar-refractivity contribution < 1.29 is 9.53 Å². The number of H-pyrrole nitrogens is 1. The fourth-order valence-electron chi connectivity index (χ4n) is 4.04. The van der Waals surface area contributed by atoms with Crippen LogP contribution in [0.4, 0.5) is 0 Å². The highest BCUT2D eigenvalue weighted by Gasteiger charge is 2.42. The van der Waals surface area contributed by atoms with Crippen molar-refractivity contribution in [1.82, 2.24) is 20.1 Å². The van der Waals surface area contributed by atoms with Crippen LogP contribution in [0.2, 0.25) is 5.02 Å². The van der Waals surface area contributed by atoms with Gasteiger partial charge in [0.25, 0.3) is 5.91 Å². The number of carbonyl (C=O) groups is 1. The molecule has 1 N–H and O–H groups in total. The molecule has 7 heteroatoms. The zero-order chi connectivity index (χ0) is 21.4. The largest absolute Gasteiger partial charge is 0.497 e. The molecular formula is C24H19ClN4O2. The van der Waals surface area contributed by atoms with Crippen LogP contribution in [0.1, 0.15) is 33.2 Å². The van der Waals surface area contributed by atoms with E-state index in [9.17, 15) is 4.79 Å². The van der Waals surface area contributed by atoms with Gasteiger partial charge >= 0.3 is 0 Å². The monoisotopic (exact) mass is 430 g/mol. The minimum atomic E-state index is -0.368. The SMILES string of the molecule is COc1ccc(-c2n[nH]c3c2C(c2ccccc2Cl)N(Cc2cccnc2)C3=O)cc1. The molecule has 4 aromatic rings. The average molecular weight is 431 g/mol. The Morgan fingerprint density at radius 1 is 1.10 bits per heavy atom. The molecule has 0 bridgehead atoms. The van der Waals surface area contributed by atoms with E-state index in [1.807, 2.05) is 65.6 Å². The van der Waals surface area contributed by atoms with E-state index in [-0.39, 0.29) is 11.9 Å². The van der Waals surface area contributed by atoms with Gasteiger partial charge < -0.3 is 9.64 Å². The van der Waals surface area contributed by atoms with Crippen LogP contribution in [-0.4, -0.2) is 33.1 Å². The number of nitrogens with one attached hydrogen (secondary N) is 1. The van der Waals surface area contributed by atoms with Crippen LogP contribution >= 0.6 is 11.6 Å². The molecule has 0 radical (unpaired) electrons. The Balaban J connectivity index is 1.65. The third-order valence-corrected chi connectivity index (χ3v) is 5.85. The molecular weight excluding hydrogens is 412 g/mol. The van der Waals surface area contributed by atoms with Crippen LogP contribution in [0.25, 0.3) is 11.3 Å². The van der Waals surface area contributed by atoms with Gasteiger partial charge in [-0.15, -0.1) is 0 Å². The second kappa shape index (κ2) is 7.89. The summed E-state index contributed by atoms with van der Waals surface area (Å²) in [6.07, 6.45) is 3.49. The highest BCUT2D eigenvalue weighted by Crippen LogP contribution is 2.45. The molecule has 154 valence electrons. The summed E-state index contributed by atoms with van der Waals surface area (Å²) in [7, 11) is 1.63. The number of methoxy groups -OCH3 is 1. The number of benzene rings is 2. The van der Waals surface area contributed by atoms with Crippen molar-refractivity contribution in [2.24, 2.45) is 0 Å². The van der Waals surface area contributed by atoms with Crippen molar-refractivity contribution in [3.8, 4) is 17.0 Å². The van der Waals surface area contributed by atoms with Crippen LogP contribution in [0.5, 0.6) is 5.75 Å². The standard InChI is InChI=1S/C24H19ClN4O2/c1-31-17-10-8-16(9-11-17)21-20-22(28-27-21)24(30)29(14-15-5-4-12-26-13-15)23(20)18-6-2-3-7-19(18)25/h2-13,23H,14H2,1H3,(H,27,28). The third-order valence-electron chi connectivity index (χ3n) is 5.50. The number of aromatic nitrogens is 3. The van der Waals surface area contributed by atoms with Crippen LogP contribution < -0.4 is 4.74 Å². The summed E-state index contributed by atoms with van der Waals surface area (Å²) < 4.78 is 5.27. The van der Waals surface area contributed by atoms with Gasteiger partial charge in [-0.3, -0.25) is 14.9 Å². The summed E-state index contributed by atoms with van der Waals surface area (Å²) in [4.78, 5) is 19.4. The summed E-state index contributed by atoms with van der Waals surface area (Å²) in [5.74, 6) is 0.642. The minimum absolute atomic E-state index is 0.115. The molecule has 5 rings (SSSR count). The molecule has 1 atom stereocenters. The summed E-state index contributed by atoms with van der Waals surface area (Å²) in [5, 5.41) is 8.06. The molecule has 0 saturated carbocycles. The number of nitrogens with zero attached hydrogens (tertiary/aromatic N) is 3. The molecule has 0 saturated heterocycles. The lowest BCUT2D eigenvalue weighted by molar-refractivity contribution is 0.0730. The third kappa shape index (κ3) is 3.35. The van der Waals surface area contributed by atoms with Crippen molar-refractivity contribution in [2.75, 3.05) is 7.11 Å². The fraction of sp³-hybridized carbons (Fsp3) is 0.125. The normalized spacial score (nSPS) is 15.2. The van der Waals surface area contributed by atoms with Crippen molar-refractivity contribution in [3.63, 3.8) is 0 Å². The Labute approximate surface area is 184 Å². The van der Waals surface area contributed by atoms with Gasteiger partial charge in [-0.2, -0.15) is 5.10 Å². The first-order valence-corrected chi connectivity index (χ1v) is 10.2. The van der Waals surface area contributed by atoms with Crippen LogP contribution in [0, 0.1) is 0 Å². The predicted octanol–water partition coefficient (Wildman–Crippen LogP) is 4.88. The minimum Gasteiger partial charge on any atom is -0.497 e. The molecule has 6 nitrogen and oxygen atoms in total. The van der Waals surface area contributed by atoms with E-state index < -0.39 is 0 Å². The van der Waals surface area contributed by atoms with Gasteiger partial charge in [0.2, 0.25) is 0 Å². The van der Waals surface area contributed by atoms with Crippen molar-refractivity contribution >= 4 is 17.5 Å². The van der Waals surface area contributed by atoms with Gasteiger partial charge in [0, 0.05) is 35.1 Å². The molecule has 2 aromatic carbocycles. The number of halogens is 1. The Morgan fingerprint density at radius 3 is 2.61 bits per heavy atom. The van der Waals surface area contributed by atoms with Gasteiger partial charge in [0.05, 0.1) is 18.8 Å². The van der Waals surface area contributed by atoms with E-state index in [0.717, 1.165) is 33.7 Å². The molecule has 3 heterocycles. The van der Waals surface area contributed by atoms with Crippen molar-refractivity contribution in [1.29, 1.82) is 0 Å². The van der Waals surface area contributed by atoms with Crippen LogP contribution in [0.15, 0.2) is 73.1 Å². The molecule has 0 fully saturated rings. The molecule has 0 aliphatic carbocycles. The number of hydrogen-bond acceptors (Lipinski definition) is 4. The maximum Gasteiger partial charge on any atom is 0.273 e. The molecule has 1 amide bonds. The van der Waals surface area contributed by atoms with Gasteiger partial charge in [-0.1, -0.05) is 35.9 Å². The average Bonchev–Trinajstić information content (AvgIpc) is 3.35. The lowest BCUT2D eigenvalue weighted by Crippen LogP contribution is -2.29. The fourth-order valence-corrected chi connectivity index (χ4v) is 4.28. The van der Waals surface area contributed by atoms with Gasteiger partial charge in [0.1, 0.15) is 11.4 Å². The summed E-state index contributed by atoms with van der Waals surface area (Å²) in [5.41, 5.74) is 4.73. The zero-order valence-corrected chi connectivity index (χ0v) is 17.5. The predicted molar refractivity (Wildman–Crippen MR) is 118 cm³/mol. The van der Waals surface area contributed by atoms with Crippen molar-refractivity contribution in [2.45, 2.75) is 12.6 Å². The van der Waals surface area contributed by atoms with E-state index >= 15 is 0 Å². The van der Waals surface area contributed by atoms with Gasteiger partial charge in [-0.25, -0.2) is 0 Å². The van der Waals surface area contributed by atoms with Crippen LogP contribution in [-0.2, 0) is 6.54 Å². The lowest BCUT2D eigenvalue weighted by atomic mass is 9.96. The Morgan fingerprint density at radius 2 is 1.90 bits per heavy atom. The number of amides is 1. The zero-order valence-electron chi connectivity index (χ0n) is 16.7. The number of ether oxygens (including phenoxy) is 1. The maximum atomic E-state index is 13.4. The number of hydrogen-bond donors (Lipinski definition) is 1. The summed E-state index contributed by atoms with van der Waals surface area (Å²) >= 11 is 6.59. The number of rotatable bonds is 5. The number of carbonyl (C=O) groups excluding carboxylic acids is 1. The van der Waals surface area contributed by atoms with Gasteiger partial charge in [-0.05, 0) is 47.5 Å². The topological polar surface area (TPSA) is 71.1 Å². The summed E-state index contributed by atoms with van der Waals surface area (Å²) in [6, 6.07) is 18.7. The first-order valence-electron chi connectivity index (χ1n) is 9.84. The first kappa shape index (κ1) is 19.3. The highest BCUT2D eigenvalue weighted by molar-refractivity contribution is 6.31. The smallest absolute Gasteiger partial charge is 0.273 e. The second-order valence-corrected chi connectivity index (χ2v) is 7.71. The number of aromatic amines is 1. The van der Waals surface area contributed by atoms with E-state index in [4.69, 9.17) is 16.3 Å².